The van der Waals surface area contributed by atoms with Crippen LogP contribution in [-0.2, 0) is 21.9 Å². The number of carbonyl (C=O) groups is 1. The molecular formula is C34H46N4O6S. The van der Waals surface area contributed by atoms with Crippen molar-refractivity contribution in [2.45, 2.75) is 104 Å². The van der Waals surface area contributed by atoms with Crippen molar-refractivity contribution in [3.8, 4) is 5.88 Å². The molecule has 0 spiro atoms. The molecule has 244 valence electrons. The highest BCUT2D eigenvalue weighted by molar-refractivity contribution is 7.87. The predicted molar refractivity (Wildman–Crippen MR) is 176 cm³/mol. The van der Waals surface area contributed by atoms with Gasteiger partial charge in [-0.25, -0.2) is 9.78 Å². The number of aromatic nitrogens is 3. The summed E-state index contributed by atoms with van der Waals surface area (Å²) in [7, 11) is -2.73. The zero-order chi connectivity index (χ0) is 33.6. The Hall–Kier alpha value is -3.73. The molecule has 3 heterocycles. The smallest absolute Gasteiger partial charge is 0.410 e. The molecular weight excluding hydrogens is 592 g/mol. The van der Waals surface area contributed by atoms with Gasteiger partial charge in [-0.3, -0.25) is 4.79 Å². The summed E-state index contributed by atoms with van der Waals surface area (Å²) in [5, 5.41) is 0.203. The third-order valence-electron chi connectivity index (χ3n) is 7.88. The highest BCUT2D eigenvalue weighted by Crippen LogP contribution is 2.37. The molecule has 2 aromatic heterocycles. The molecule has 1 amide bonds. The van der Waals surface area contributed by atoms with Crippen LogP contribution < -0.4 is 9.74 Å². The van der Waals surface area contributed by atoms with Gasteiger partial charge in [0, 0.05) is 25.8 Å². The fourth-order valence-electron chi connectivity index (χ4n) is 5.44. The number of benzene rings is 1. The zero-order valence-corrected chi connectivity index (χ0v) is 29.1. The Kier molecular flexibility index (Phi) is 9.54. The molecule has 0 bridgehead atoms. The first kappa shape index (κ1) is 34.1. The van der Waals surface area contributed by atoms with E-state index in [1.165, 1.54) is 4.57 Å². The second-order valence-corrected chi connectivity index (χ2v) is 15.2. The van der Waals surface area contributed by atoms with E-state index < -0.39 is 27.4 Å². The summed E-state index contributed by atoms with van der Waals surface area (Å²) in [5.41, 5.74) is 2.87. The van der Waals surface area contributed by atoms with Gasteiger partial charge in [0.1, 0.15) is 21.8 Å². The van der Waals surface area contributed by atoms with Gasteiger partial charge in [-0.1, -0.05) is 59.8 Å². The van der Waals surface area contributed by atoms with Crippen molar-refractivity contribution < 1.29 is 22.1 Å². The fraction of sp³-hybridized carbons (Fsp3) is 0.529. The molecule has 1 aliphatic heterocycles. The molecule has 0 unspecified atom stereocenters. The quantitative estimate of drug-likeness (QED) is 0.259. The lowest BCUT2D eigenvalue weighted by Crippen LogP contribution is -2.39. The van der Waals surface area contributed by atoms with Crippen molar-refractivity contribution in [3.63, 3.8) is 0 Å². The number of amides is 1. The van der Waals surface area contributed by atoms with Crippen molar-refractivity contribution in [1.82, 2.24) is 19.4 Å². The molecule has 1 aromatic carbocycles. The van der Waals surface area contributed by atoms with Crippen molar-refractivity contribution >= 4 is 32.7 Å². The number of pyridine rings is 1. The number of hydrogen-bond acceptors (Lipinski definition) is 8. The van der Waals surface area contributed by atoms with Gasteiger partial charge in [0.25, 0.3) is 5.56 Å². The van der Waals surface area contributed by atoms with Gasteiger partial charge in [0.15, 0.2) is 0 Å². The SMILES string of the molecule is Cc1nc(OS(=O)(=O)c2c(C(C)C)cc(C(C)C)cc2C(C)C)c2cc(C3=CCN(C(=O)OC(C)(C)C)CC3)n(C)c(=O)c2n1. The summed E-state index contributed by atoms with van der Waals surface area (Å²) in [6.07, 6.45) is 1.94. The van der Waals surface area contributed by atoms with Gasteiger partial charge < -0.3 is 18.4 Å². The summed E-state index contributed by atoms with van der Waals surface area (Å²) >= 11 is 0. The van der Waals surface area contributed by atoms with Gasteiger partial charge >= 0.3 is 16.2 Å². The standard InChI is InChI=1S/C34H46N4O6S/c1-19(2)24-16-25(20(3)4)30(26(17-24)21(5)6)45(41,42)44-31-27-18-28(37(11)32(39)29(27)35-22(7)36-31)23-12-14-38(15-13-23)33(40)43-34(8,9)10/h12,16-21H,13-15H2,1-11H3. The van der Waals surface area contributed by atoms with Crippen LogP contribution in [0.5, 0.6) is 5.88 Å². The summed E-state index contributed by atoms with van der Waals surface area (Å²) in [4.78, 5) is 36.7. The first-order valence-corrected chi connectivity index (χ1v) is 16.9. The molecule has 0 fully saturated rings. The van der Waals surface area contributed by atoms with Crippen LogP contribution in [-0.4, -0.2) is 52.6 Å². The number of fused-ring (bicyclic) bond motifs is 1. The molecule has 11 heteroatoms. The van der Waals surface area contributed by atoms with Crippen molar-refractivity contribution in [2.75, 3.05) is 13.1 Å². The van der Waals surface area contributed by atoms with Gasteiger partial charge in [-0.05, 0) is 80.2 Å². The van der Waals surface area contributed by atoms with E-state index in [1.54, 1.807) is 24.9 Å². The molecule has 4 rings (SSSR count). The summed E-state index contributed by atoms with van der Waals surface area (Å²) < 4.78 is 41.3. The average Bonchev–Trinajstić information content (AvgIpc) is 2.93. The molecule has 0 saturated carbocycles. The maximum atomic E-state index is 14.2. The highest BCUT2D eigenvalue weighted by Gasteiger charge is 2.31. The monoisotopic (exact) mass is 638 g/mol. The number of nitrogens with zero attached hydrogens (tertiary/aromatic N) is 4. The van der Waals surface area contributed by atoms with Crippen LogP contribution in [0.1, 0.15) is 115 Å². The number of aryl methyl sites for hydroxylation is 1. The summed E-state index contributed by atoms with van der Waals surface area (Å²) in [5.74, 6) is 0.0593. The molecule has 0 atom stereocenters. The number of hydrogen-bond donors (Lipinski definition) is 0. The van der Waals surface area contributed by atoms with Gasteiger partial charge in [-0.2, -0.15) is 13.4 Å². The lowest BCUT2D eigenvalue weighted by Gasteiger charge is -2.30. The van der Waals surface area contributed by atoms with Crippen LogP contribution >= 0.6 is 0 Å². The van der Waals surface area contributed by atoms with E-state index in [4.69, 9.17) is 8.92 Å². The Labute approximate surface area is 266 Å². The third kappa shape index (κ3) is 7.24. The molecule has 3 aromatic rings. The Morgan fingerprint density at radius 1 is 0.956 bits per heavy atom. The van der Waals surface area contributed by atoms with E-state index in [2.05, 4.69) is 23.8 Å². The summed E-state index contributed by atoms with van der Waals surface area (Å²) in [6.45, 7) is 19.8. The largest absolute Gasteiger partial charge is 0.444 e. The lowest BCUT2D eigenvalue weighted by molar-refractivity contribution is 0.0270. The Balaban J connectivity index is 1.84. The molecule has 10 nitrogen and oxygen atoms in total. The third-order valence-corrected chi connectivity index (χ3v) is 9.23. The van der Waals surface area contributed by atoms with E-state index in [1.807, 2.05) is 66.7 Å². The number of ether oxygens (including phenoxy) is 1. The van der Waals surface area contributed by atoms with E-state index in [0.717, 1.165) is 11.1 Å². The van der Waals surface area contributed by atoms with E-state index >= 15 is 0 Å². The minimum Gasteiger partial charge on any atom is -0.444 e. The minimum absolute atomic E-state index is 0.0639. The minimum atomic E-state index is -4.38. The van der Waals surface area contributed by atoms with Crippen LogP contribution in [0.25, 0.3) is 16.5 Å². The van der Waals surface area contributed by atoms with Gasteiger partial charge in [-0.15, -0.1) is 0 Å². The first-order valence-electron chi connectivity index (χ1n) is 15.5. The number of rotatable bonds is 7. The lowest BCUT2D eigenvalue weighted by atomic mass is 9.89. The van der Waals surface area contributed by atoms with Crippen LogP contribution in [0.3, 0.4) is 0 Å². The van der Waals surface area contributed by atoms with Crippen molar-refractivity contribution in [1.29, 1.82) is 0 Å². The molecule has 0 radical (unpaired) electrons. The predicted octanol–water partition coefficient (Wildman–Crippen LogP) is 6.80. The molecule has 0 N–H and O–H groups in total. The normalized spacial score (nSPS) is 14.4. The van der Waals surface area contributed by atoms with Gasteiger partial charge in [0.2, 0.25) is 5.88 Å². The van der Waals surface area contributed by atoms with Crippen LogP contribution in [0.4, 0.5) is 4.79 Å². The molecule has 0 aliphatic carbocycles. The highest BCUT2D eigenvalue weighted by atomic mass is 32.2. The van der Waals surface area contributed by atoms with Crippen LogP contribution in [0.15, 0.2) is 34.0 Å². The summed E-state index contributed by atoms with van der Waals surface area (Å²) in [6, 6.07) is 5.60. The van der Waals surface area contributed by atoms with Crippen LogP contribution in [0.2, 0.25) is 0 Å². The fourth-order valence-corrected chi connectivity index (χ4v) is 7.02. The molecule has 1 aliphatic rings. The van der Waals surface area contributed by atoms with E-state index in [9.17, 15) is 18.0 Å². The maximum absolute atomic E-state index is 14.2. The van der Waals surface area contributed by atoms with E-state index in [0.29, 0.717) is 36.3 Å². The topological polar surface area (TPSA) is 121 Å². The average molecular weight is 639 g/mol. The Bertz CT molecular complexity index is 1800. The second kappa shape index (κ2) is 12.6. The van der Waals surface area contributed by atoms with E-state index in [-0.39, 0.29) is 45.3 Å². The first-order chi connectivity index (χ1) is 20.8. The number of carbonyl (C=O) groups excluding carboxylic acids is 1. The second-order valence-electron chi connectivity index (χ2n) is 13.7. The molecule has 0 saturated heterocycles. The van der Waals surface area contributed by atoms with Crippen LogP contribution in [0, 0.1) is 6.92 Å². The Morgan fingerprint density at radius 3 is 2.04 bits per heavy atom. The Morgan fingerprint density at radius 2 is 1.56 bits per heavy atom. The van der Waals surface area contributed by atoms with Gasteiger partial charge in [0.05, 0.1) is 5.39 Å². The van der Waals surface area contributed by atoms with Crippen molar-refractivity contribution in [2.24, 2.45) is 7.05 Å². The van der Waals surface area contributed by atoms with Crippen molar-refractivity contribution in [3.05, 3.63) is 62.8 Å². The zero-order valence-electron chi connectivity index (χ0n) is 28.3. The molecule has 45 heavy (non-hydrogen) atoms. The maximum Gasteiger partial charge on any atom is 0.410 e.